The molecule has 2 aromatic rings. The van der Waals surface area contributed by atoms with Crippen LogP contribution in [0.3, 0.4) is 0 Å². The van der Waals surface area contributed by atoms with Crippen molar-refractivity contribution in [2.24, 2.45) is 10.7 Å². The fourth-order valence-electron chi connectivity index (χ4n) is 4.00. The highest BCUT2D eigenvalue weighted by Crippen LogP contribution is 2.33. The van der Waals surface area contributed by atoms with E-state index in [4.69, 9.17) is 5.73 Å². The summed E-state index contributed by atoms with van der Waals surface area (Å²) in [7, 11) is 2.23. The van der Waals surface area contributed by atoms with Crippen LogP contribution in [0.5, 0.6) is 0 Å². The molecule has 0 spiro atoms. The molecule has 0 bridgehead atoms. The summed E-state index contributed by atoms with van der Waals surface area (Å²) in [6.45, 7) is 3.55. The molecule has 3 heterocycles. The van der Waals surface area contributed by atoms with Crippen molar-refractivity contribution in [1.29, 1.82) is 0 Å². The first-order valence-electron chi connectivity index (χ1n) is 9.17. The number of aryl methyl sites for hydroxylation is 1. The van der Waals surface area contributed by atoms with Crippen molar-refractivity contribution in [2.45, 2.75) is 31.7 Å². The van der Waals surface area contributed by atoms with Gasteiger partial charge in [-0.3, -0.25) is 0 Å². The number of benzene rings is 1. The van der Waals surface area contributed by atoms with Gasteiger partial charge in [0.2, 0.25) is 0 Å². The molecular weight excluding hydrogens is 399 g/mol. The zero-order chi connectivity index (χ0) is 17.2. The van der Waals surface area contributed by atoms with Crippen LogP contribution in [-0.2, 0) is 6.42 Å². The summed E-state index contributed by atoms with van der Waals surface area (Å²) in [6.07, 6.45) is 4.92. The molecule has 2 aliphatic rings. The van der Waals surface area contributed by atoms with E-state index < -0.39 is 0 Å². The van der Waals surface area contributed by atoms with Gasteiger partial charge in [0.15, 0.2) is 0 Å². The molecule has 7 heteroatoms. The fraction of sp³-hybridized carbons (Fsp3) is 0.450. The minimum absolute atomic E-state index is 0. The second kappa shape index (κ2) is 9.78. The molecule has 4 rings (SSSR count). The molecule has 1 aromatic heterocycles. The maximum absolute atomic E-state index is 6.17. The smallest absolute Gasteiger partial charge is 0.141 e. The van der Waals surface area contributed by atoms with Crippen molar-refractivity contribution in [1.82, 2.24) is 4.90 Å². The lowest BCUT2D eigenvalue weighted by molar-refractivity contribution is 0.407. The van der Waals surface area contributed by atoms with Crippen LogP contribution < -0.4 is 10.6 Å². The molecule has 1 atom stereocenters. The van der Waals surface area contributed by atoms with E-state index in [1.165, 1.54) is 50.1 Å². The number of nitrogens with zero attached hydrogens (tertiary/aromatic N) is 3. The predicted molar refractivity (Wildman–Crippen MR) is 122 cm³/mol. The predicted octanol–water partition coefficient (Wildman–Crippen LogP) is 4.48. The van der Waals surface area contributed by atoms with Gasteiger partial charge in [0.05, 0.1) is 10.6 Å². The summed E-state index contributed by atoms with van der Waals surface area (Å²) in [5.74, 6) is 0.609. The van der Waals surface area contributed by atoms with Crippen molar-refractivity contribution in [3.63, 3.8) is 0 Å². The van der Waals surface area contributed by atoms with Crippen molar-refractivity contribution in [2.75, 3.05) is 31.6 Å². The Kier molecular flexibility index (Phi) is 7.98. The zero-order valence-corrected chi connectivity index (χ0v) is 18.1. The normalized spacial score (nSPS) is 20.4. The van der Waals surface area contributed by atoms with Gasteiger partial charge >= 0.3 is 0 Å². The van der Waals surface area contributed by atoms with Crippen LogP contribution >= 0.6 is 36.2 Å². The van der Waals surface area contributed by atoms with Crippen LogP contribution in [0.1, 0.15) is 29.7 Å². The van der Waals surface area contributed by atoms with Crippen LogP contribution in [0.15, 0.2) is 40.7 Å². The van der Waals surface area contributed by atoms with E-state index in [0.717, 1.165) is 17.0 Å². The Morgan fingerprint density at radius 2 is 2.04 bits per heavy atom. The molecule has 1 fully saturated rings. The molecule has 0 aliphatic carbocycles. The van der Waals surface area contributed by atoms with Crippen molar-refractivity contribution < 1.29 is 0 Å². The van der Waals surface area contributed by atoms with Gasteiger partial charge < -0.3 is 15.5 Å². The summed E-state index contributed by atoms with van der Waals surface area (Å²) < 4.78 is 0. The molecule has 148 valence electrons. The molecule has 27 heavy (non-hydrogen) atoms. The van der Waals surface area contributed by atoms with Gasteiger partial charge in [0, 0.05) is 24.8 Å². The SMILES string of the molecule is CN1CCC(N2CCCCc3cc(N=C(N)c4cccs4)ccc32)C1.Cl.Cl. The Morgan fingerprint density at radius 1 is 1.19 bits per heavy atom. The van der Waals surface area contributed by atoms with Gasteiger partial charge in [-0.25, -0.2) is 4.99 Å². The summed E-state index contributed by atoms with van der Waals surface area (Å²) in [6, 6.07) is 11.3. The maximum Gasteiger partial charge on any atom is 0.141 e. The van der Waals surface area contributed by atoms with Gasteiger partial charge in [-0.1, -0.05) is 6.07 Å². The number of thiophene rings is 1. The second-order valence-corrected chi connectivity index (χ2v) is 8.09. The number of fused-ring (bicyclic) bond motifs is 1. The summed E-state index contributed by atoms with van der Waals surface area (Å²) in [4.78, 5) is 10.8. The highest BCUT2D eigenvalue weighted by molar-refractivity contribution is 7.12. The van der Waals surface area contributed by atoms with Crippen molar-refractivity contribution >= 4 is 53.4 Å². The Bertz CT molecular complexity index is 763. The van der Waals surface area contributed by atoms with Gasteiger partial charge in [-0.15, -0.1) is 36.2 Å². The number of rotatable bonds is 3. The monoisotopic (exact) mass is 426 g/mol. The third kappa shape index (κ3) is 4.96. The first kappa shape index (κ1) is 22.0. The minimum atomic E-state index is 0. The first-order chi connectivity index (χ1) is 12.2. The van der Waals surface area contributed by atoms with Crippen LogP contribution in [-0.4, -0.2) is 43.5 Å². The van der Waals surface area contributed by atoms with E-state index in [1.54, 1.807) is 11.3 Å². The van der Waals surface area contributed by atoms with E-state index >= 15 is 0 Å². The average Bonchev–Trinajstić information content (AvgIpc) is 3.24. The highest BCUT2D eigenvalue weighted by atomic mass is 35.5. The summed E-state index contributed by atoms with van der Waals surface area (Å²) >= 11 is 1.63. The first-order valence-corrected chi connectivity index (χ1v) is 10.0. The summed E-state index contributed by atoms with van der Waals surface area (Å²) in [5.41, 5.74) is 9.96. The number of hydrogen-bond acceptors (Lipinski definition) is 4. The van der Waals surface area contributed by atoms with E-state index in [2.05, 4.69) is 40.0 Å². The molecule has 2 N–H and O–H groups in total. The van der Waals surface area contributed by atoms with E-state index in [0.29, 0.717) is 11.9 Å². The number of likely N-dealkylation sites (tertiary alicyclic amines) is 1. The lowest BCUT2D eigenvalue weighted by atomic mass is 10.1. The number of aliphatic imine (C=N–C) groups is 1. The van der Waals surface area contributed by atoms with Gasteiger partial charge in [0.1, 0.15) is 5.84 Å². The summed E-state index contributed by atoms with van der Waals surface area (Å²) in [5, 5.41) is 2.03. The molecular formula is C20H28Cl2N4S. The molecule has 0 radical (unpaired) electrons. The molecule has 0 amide bonds. The Hall–Kier alpha value is -1.27. The average molecular weight is 427 g/mol. The third-order valence-electron chi connectivity index (χ3n) is 5.30. The van der Waals surface area contributed by atoms with Crippen molar-refractivity contribution in [3.05, 3.63) is 46.2 Å². The van der Waals surface area contributed by atoms with E-state index in [1.807, 2.05) is 17.5 Å². The van der Waals surface area contributed by atoms with E-state index in [-0.39, 0.29) is 24.8 Å². The zero-order valence-electron chi connectivity index (χ0n) is 15.6. The number of nitrogens with two attached hydrogens (primary N) is 1. The van der Waals surface area contributed by atoms with Crippen molar-refractivity contribution in [3.8, 4) is 0 Å². The van der Waals surface area contributed by atoms with Crippen LogP contribution in [0.25, 0.3) is 0 Å². The lowest BCUT2D eigenvalue weighted by Crippen LogP contribution is -2.37. The van der Waals surface area contributed by atoms with Gasteiger partial charge in [-0.05, 0) is 74.5 Å². The number of likely N-dealkylation sites (N-methyl/N-ethyl adjacent to an activating group) is 1. The largest absolute Gasteiger partial charge is 0.383 e. The van der Waals surface area contributed by atoms with Crippen LogP contribution in [0.2, 0.25) is 0 Å². The molecule has 1 saturated heterocycles. The quantitative estimate of drug-likeness (QED) is 0.581. The van der Waals surface area contributed by atoms with Gasteiger partial charge in [0.25, 0.3) is 0 Å². The Labute approximate surface area is 178 Å². The van der Waals surface area contributed by atoms with Crippen LogP contribution in [0, 0.1) is 0 Å². The number of amidine groups is 1. The standard InChI is InChI=1S/C20H26N4S.2ClH/c1-23-11-9-17(14-23)24-10-3-2-5-15-13-16(7-8-18(15)24)22-20(21)19-6-4-12-25-19;;/h4,6-8,12-13,17H,2-3,5,9-11,14H2,1H3,(H2,21,22);2*1H. The molecule has 1 aromatic carbocycles. The molecule has 0 saturated carbocycles. The maximum atomic E-state index is 6.17. The van der Waals surface area contributed by atoms with Gasteiger partial charge in [-0.2, -0.15) is 0 Å². The van der Waals surface area contributed by atoms with E-state index in [9.17, 15) is 0 Å². The highest BCUT2D eigenvalue weighted by Gasteiger charge is 2.28. The number of halogens is 2. The third-order valence-corrected chi connectivity index (χ3v) is 6.19. The number of hydrogen-bond donors (Lipinski definition) is 1. The molecule has 2 aliphatic heterocycles. The number of anilines is 1. The van der Waals surface area contributed by atoms with Crippen LogP contribution in [0.4, 0.5) is 11.4 Å². The lowest BCUT2D eigenvalue weighted by Gasteiger charge is -2.31. The Morgan fingerprint density at radius 3 is 2.74 bits per heavy atom. The minimum Gasteiger partial charge on any atom is -0.383 e. The molecule has 1 unspecified atom stereocenters. The topological polar surface area (TPSA) is 44.9 Å². The fourth-order valence-corrected chi connectivity index (χ4v) is 4.63. The second-order valence-electron chi connectivity index (χ2n) is 7.14. The Balaban J connectivity index is 0.00000131. The molecule has 4 nitrogen and oxygen atoms in total.